The van der Waals surface area contributed by atoms with Crippen molar-refractivity contribution in [2.75, 3.05) is 18.4 Å². The van der Waals surface area contributed by atoms with E-state index < -0.39 is 0 Å². The zero-order valence-corrected chi connectivity index (χ0v) is 12.6. The molecular formula is C14H24N4S. The third-order valence-corrected chi connectivity index (χ3v) is 5.33. The molecule has 3 rings (SSSR count). The first-order valence-electron chi connectivity index (χ1n) is 7.67. The fourth-order valence-corrected chi connectivity index (χ4v) is 4.36. The van der Waals surface area contributed by atoms with Gasteiger partial charge in [0, 0.05) is 30.7 Å². The number of piperidine rings is 1. The number of rotatable bonds is 4. The number of hydrogen-bond donors (Lipinski definition) is 1. The Kier molecular flexibility index (Phi) is 4.33. The molecule has 0 amide bonds. The Morgan fingerprint density at radius 3 is 3.00 bits per heavy atom. The molecule has 0 radical (unpaired) electrons. The number of nitrogens with one attached hydrogen (secondary N) is 1. The fourth-order valence-electron chi connectivity index (χ4n) is 3.72. The van der Waals surface area contributed by atoms with Crippen LogP contribution in [0.1, 0.15) is 51.1 Å². The highest BCUT2D eigenvalue weighted by Gasteiger charge is 2.33. The van der Waals surface area contributed by atoms with Crippen LogP contribution in [0.5, 0.6) is 0 Å². The van der Waals surface area contributed by atoms with Gasteiger partial charge >= 0.3 is 0 Å². The van der Waals surface area contributed by atoms with E-state index in [2.05, 4.69) is 26.7 Å². The molecule has 1 aliphatic heterocycles. The molecule has 2 heterocycles. The smallest absolute Gasteiger partial charge is 0.134 e. The van der Waals surface area contributed by atoms with Gasteiger partial charge in [0.15, 0.2) is 0 Å². The molecule has 1 aromatic rings. The lowest BCUT2D eigenvalue weighted by atomic mass is 9.78. The molecule has 4 nitrogen and oxygen atoms in total. The van der Waals surface area contributed by atoms with Crippen LogP contribution in [0.4, 0.5) is 5.00 Å². The minimum Gasteiger partial charge on any atom is -0.374 e. The van der Waals surface area contributed by atoms with Crippen molar-refractivity contribution in [2.24, 2.45) is 5.92 Å². The van der Waals surface area contributed by atoms with Crippen molar-refractivity contribution in [2.45, 2.75) is 58.0 Å². The molecule has 1 N–H and O–H groups in total. The number of aromatic nitrogens is 2. The minimum atomic E-state index is 0.804. The van der Waals surface area contributed by atoms with Crippen LogP contribution in [0.2, 0.25) is 0 Å². The Morgan fingerprint density at radius 2 is 2.11 bits per heavy atom. The van der Waals surface area contributed by atoms with Crippen LogP contribution in [0.15, 0.2) is 0 Å². The first kappa shape index (κ1) is 13.3. The van der Waals surface area contributed by atoms with E-state index in [9.17, 15) is 0 Å². The van der Waals surface area contributed by atoms with Gasteiger partial charge in [-0.2, -0.15) is 0 Å². The average molecular weight is 280 g/mol. The van der Waals surface area contributed by atoms with E-state index in [0.717, 1.165) is 30.7 Å². The van der Waals surface area contributed by atoms with E-state index in [0.29, 0.717) is 0 Å². The van der Waals surface area contributed by atoms with Crippen LogP contribution >= 0.6 is 11.5 Å². The van der Waals surface area contributed by atoms with Gasteiger partial charge in [0.1, 0.15) is 10.7 Å². The molecule has 1 saturated heterocycles. The summed E-state index contributed by atoms with van der Waals surface area (Å²) in [5.41, 5.74) is 1.15. The molecule has 106 valence electrons. The molecule has 0 bridgehead atoms. The highest BCUT2D eigenvalue weighted by Crippen LogP contribution is 2.36. The van der Waals surface area contributed by atoms with E-state index in [1.807, 2.05) is 0 Å². The van der Waals surface area contributed by atoms with Crippen molar-refractivity contribution in [3.05, 3.63) is 5.69 Å². The lowest BCUT2D eigenvalue weighted by Crippen LogP contribution is -2.46. The second kappa shape index (κ2) is 6.18. The summed E-state index contributed by atoms with van der Waals surface area (Å²) in [7, 11) is 0. The van der Waals surface area contributed by atoms with Crippen molar-refractivity contribution >= 4 is 16.5 Å². The quantitative estimate of drug-likeness (QED) is 0.920. The number of likely N-dealkylation sites (tertiary alicyclic amines) is 1. The van der Waals surface area contributed by atoms with E-state index in [1.54, 1.807) is 0 Å². The SMILES string of the molecule is CCNc1snnc1CN1CCC[C@H]2CCCC[C@H]21. The Bertz CT molecular complexity index is 404. The summed E-state index contributed by atoms with van der Waals surface area (Å²) in [5.74, 6) is 0.941. The number of nitrogens with zero attached hydrogens (tertiary/aromatic N) is 3. The van der Waals surface area contributed by atoms with Crippen molar-refractivity contribution < 1.29 is 0 Å². The highest BCUT2D eigenvalue weighted by molar-refractivity contribution is 7.10. The van der Waals surface area contributed by atoms with Gasteiger partial charge in [0.25, 0.3) is 0 Å². The topological polar surface area (TPSA) is 41.1 Å². The number of hydrogen-bond acceptors (Lipinski definition) is 5. The first-order valence-corrected chi connectivity index (χ1v) is 8.45. The molecule has 0 unspecified atom stereocenters. The van der Waals surface area contributed by atoms with Crippen LogP contribution in [-0.4, -0.2) is 33.6 Å². The van der Waals surface area contributed by atoms with Crippen LogP contribution in [0.3, 0.4) is 0 Å². The van der Waals surface area contributed by atoms with E-state index in [4.69, 9.17) is 0 Å². The average Bonchev–Trinajstić information content (AvgIpc) is 2.87. The zero-order valence-electron chi connectivity index (χ0n) is 11.8. The number of anilines is 1. The van der Waals surface area contributed by atoms with Gasteiger partial charge in [-0.25, -0.2) is 0 Å². The monoisotopic (exact) mass is 280 g/mol. The molecule has 2 aliphatic rings. The second-order valence-electron chi connectivity index (χ2n) is 5.80. The summed E-state index contributed by atoms with van der Waals surface area (Å²) in [6, 6.07) is 0.804. The van der Waals surface area contributed by atoms with Crippen molar-refractivity contribution in [3.8, 4) is 0 Å². The minimum absolute atomic E-state index is 0.804. The fraction of sp³-hybridized carbons (Fsp3) is 0.857. The Hall–Kier alpha value is -0.680. The van der Waals surface area contributed by atoms with Crippen molar-refractivity contribution in [3.63, 3.8) is 0 Å². The molecule has 2 atom stereocenters. The Balaban J connectivity index is 1.69. The van der Waals surface area contributed by atoms with Crippen LogP contribution in [-0.2, 0) is 6.54 Å². The predicted molar refractivity (Wildman–Crippen MR) is 79.5 cm³/mol. The molecule has 1 saturated carbocycles. The third kappa shape index (κ3) is 2.92. The molecule has 19 heavy (non-hydrogen) atoms. The molecule has 0 spiro atoms. The predicted octanol–water partition coefficient (Wildman–Crippen LogP) is 3.12. The van der Waals surface area contributed by atoms with Crippen LogP contribution in [0.25, 0.3) is 0 Å². The van der Waals surface area contributed by atoms with Crippen LogP contribution < -0.4 is 5.32 Å². The van der Waals surface area contributed by atoms with Gasteiger partial charge in [-0.15, -0.1) is 5.10 Å². The number of fused-ring (bicyclic) bond motifs is 1. The normalized spacial score (nSPS) is 28.1. The highest BCUT2D eigenvalue weighted by atomic mass is 32.1. The van der Waals surface area contributed by atoms with E-state index >= 15 is 0 Å². The summed E-state index contributed by atoms with van der Waals surface area (Å²) in [4.78, 5) is 2.67. The van der Waals surface area contributed by atoms with E-state index in [1.165, 1.54) is 61.6 Å². The van der Waals surface area contributed by atoms with Gasteiger partial charge in [0.05, 0.1) is 0 Å². The summed E-state index contributed by atoms with van der Waals surface area (Å²) < 4.78 is 4.11. The molecule has 1 aliphatic carbocycles. The summed E-state index contributed by atoms with van der Waals surface area (Å²) in [6.45, 7) is 5.30. The summed E-state index contributed by atoms with van der Waals surface area (Å²) >= 11 is 1.49. The lowest BCUT2D eigenvalue weighted by molar-refractivity contribution is 0.0539. The summed E-state index contributed by atoms with van der Waals surface area (Å²) in [6.07, 6.45) is 8.48. The zero-order chi connectivity index (χ0) is 13.1. The molecule has 2 fully saturated rings. The Morgan fingerprint density at radius 1 is 1.26 bits per heavy atom. The standard InChI is InChI=1S/C14H24N4S/c1-2-15-14-12(16-17-19-14)10-18-9-5-7-11-6-3-4-8-13(11)18/h11,13,15H,2-10H2,1H3/t11-,13-/m1/s1. The molecular weight excluding hydrogens is 256 g/mol. The van der Waals surface area contributed by atoms with Crippen molar-refractivity contribution in [1.82, 2.24) is 14.5 Å². The lowest BCUT2D eigenvalue weighted by Gasteiger charge is -2.44. The van der Waals surface area contributed by atoms with Gasteiger partial charge in [-0.3, -0.25) is 4.90 Å². The maximum atomic E-state index is 4.33. The van der Waals surface area contributed by atoms with Gasteiger partial charge in [-0.1, -0.05) is 17.3 Å². The second-order valence-corrected chi connectivity index (χ2v) is 6.56. The van der Waals surface area contributed by atoms with Crippen molar-refractivity contribution in [1.29, 1.82) is 0 Å². The van der Waals surface area contributed by atoms with Gasteiger partial charge < -0.3 is 5.32 Å². The maximum absolute atomic E-state index is 4.33. The first-order chi connectivity index (χ1) is 9.38. The van der Waals surface area contributed by atoms with Gasteiger partial charge in [0.2, 0.25) is 0 Å². The Labute approximate surface area is 119 Å². The largest absolute Gasteiger partial charge is 0.374 e. The third-order valence-electron chi connectivity index (χ3n) is 4.60. The molecule has 0 aromatic carbocycles. The van der Waals surface area contributed by atoms with Gasteiger partial charge in [-0.05, 0) is 45.1 Å². The molecule has 1 aromatic heterocycles. The maximum Gasteiger partial charge on any atom is 0.134 e. The van der Waals surface area contributed by atoms with Crippen LogP contribution in [0, 0.1) is 5.92 Å². The molecule has 5 heteroatoms. The summed E-state index contributed by atoms with van der Waals surface area (Å²) in [5, 5.41) is 8.88. The van der Waals surface area contributed by atoms with E-state index in [-0.39, 0.29) is 0 Å².